The number of benzene rings is 1. The number of sulfonamides is 1. The second-order valence-electron chi connectivity index (χ2n) is 5.00. The zero-order chi connectivity index (χ0) is 16.5. The topological polar surface area (TPSA) is 87.9 Å². The molecule has 0 N–H and O–H groups in total. The van der Waals surface area contributed by atoms with E-state index in [0.717, 1.165) is 4.31 Å². The molecule has 0 fully saturated rings. The van der Waals surface area contributed by atoms with Gasteiger partial charge < -0.3 is 9.32 Å². The average molecular weight is 324 g/mol. The molecule has 0 bridgehead atoms. The fourth-order valence-electron chi connectivity index (χ4n) is 1.81. The van der Waals surface area contributed by atoms with E-state index in [1.807, 2.05) is 0 Å². The number of amides is 1. The van der Waals surface area contributed by atoms with Crippen molar-refractivity contribution in [2.75, 3.05) is 27.7 Å². The second kappa shape index (κ2) is 5.90. The van der Waals surface area contributed by atoms with Crippen LogP contribution in [0.2, 0.25) is 0 Å². The molecule has 1 aromatic carbocycles. The van der Waals surface area contributed by atoms with E-state index < -0.39 is 15.6 Å². The van der Waals surface area contributed by atoms with Gasteiger partial charge in [0, 0.05) is 32.6 Å². The van der Waals surface area contributed by atoms with Crippen LogP contribution in [-0.4, -0.2) is 51.2 Å². The molecule has 0 aliphatic rings. The first-order valence-corrected chi connectivity index (χ1v) is 7.86. The van der Waals surface area contributed by atoms with Crippen LogP contribution in [0, 0.1) is 0 Å². The monoisotopic (exact) mass is 324 g/mol. The third-order valence-corrected chi connectivity index (χ3v) is 4.96. The fourth-order valence-corrected chi connectivity index (χ4v) is 2.96. The lowest BCUT2D eigenvalue weighted by molar-refractivity contribution is -0.128. The second-order valence-corrected chi connectivity index (χ2v) is 7.05. The smallest absolute Gasteiger partial charge is 0.336 e. The molecule has 2 aromatic rings. The van der Waals surface area contributed by atoms with Gasteiger partial charge in [-0.3, -0.25) is 4.79 Å². The van der Waals surface area contributed by atoms with Crippen molar-refractivity contribution in [2.45, 2.75) is 4.90 Å². The summed E-state index contributed by atoms with van der Waals surface area (Å²) in [5.74, 6) is -0.321. The lowest BCUT2D eigenvalue weighted by Gasteiger charge is -2.19. The Hall–Kier alpha value is -2.19. The molecule has 0 saturated heterocycles. The number of hydrogen-bond donors (Lipinski definition) is 0. The van der Waals surface area contributed by atoms with E-state index in [0.29, 0.717) is 11.0 Å². The lowest BCUT2D eigenvalue weighted by Crippen LogP contribution is -2.37. The van der Waals surface area contributed by atoms with Gasteiger partial charge >= 0.3 is 5.63 Å². The molecule has 22 heavy (non-hydrogen) atoms. The summed E-state index contributed by atoms with van der Waals surface area (Å²) in [4.78, 5) is 24.1. The van der Waals surface area contributed by atoms with Crippen molar-refractivity contribution in [1.82, 2.24) is 9.21 Å². The molecule has 118 valence electrons. The molecule has 1 heterocycles. The van der Waals surface area contributed by atoms with Crippen LogP contribution in [0.1, 0.15) is 0 Å². The molecule has 7 nitrogen and oxygen atoms in total. The van der Waals surface area contributed by atoms with Crippen LogP contribution in [-0.2, 0) is 14.8 Å². The van der Waals surface area contributed by atoms with Gasteiger partial charge in [0.15, 0.2) is 0 Å². The van der Waals surface area contributed by atoms with E-state index in [-0.39, 0.29) is 17.3 Å². The summed E-state index contributed by atoms with van der Waals surface area (Å²) in [5, 5.41) is 0.494. The van der Waals surface area contributed by atoms with Crippen molar-refractivity contribution in [3.63, 3.8) is 0 Å². The maximum absolute atomic E-state index is 12.5. The van der Waals surface area contributed by atoms with Crippen molar-refractivity contribution in [3.8, 4) is 0 Å². The highest BCUT2D eigenvalue weighted by molar-refractivity contribution is 7.89. The van der Waals surface area contributed by atoms with E-state index in [1.165, 1.54) is 42.3 Å². The molecule has 1 aromatic heterocycles. The number of likely N-dealkylation sites (N-methyl/N-ethyl adjacent to an activating group) is 2. The summed E-state index contributed by atoms with van der Waals surface area (Å²) in [6.07, 6.45) is 0. The third-order valence-electron chi connectivity index (χ3n) is 3.16. The predicted octanol–water partition coefficient (Wildman–Crippen LogP) is 0.502. The van der Waals surface area contributed by atoms with Gasteiger partial charge in [-0.15, -0.1) is 0 Å². The zero-order valence-corrected chi connectivity index (χ0v) is 13.3. The van der Waals surface area contributed by atoms with Gasteiger partial charge in [0.05, 0.1) is 11.4 Å². The van der Waals surface area contributed by atoms with Crippen molar-refractivity contribution in [2.24, 2.45) is 0 Å². The van der Waals surface area contributed by atoms with Crippen LogP contribution < -0.4 is 5.63 Å². The van der Waals surface area contributed by atoms with Crippen LogP contribution in [0.15, 0.2) is 44.4 Å². The summed E-state index contributed by atoms with van der Waals surface area (Å²) in [5.41, 5.74) is -0.199. The third kappa shape index (κ3) is 3.18. The van der Waals surface area contributed by atoms with Gasteiger partial charge in [0.1, 0.15) is 5.58 Å². The van der Waals surface area contributed by atoms with Gasteiger partial charge in [0.2, 0.25) is 15.9 Å². The highest BCUT2D eigenvalue weighted by Crippen LogP contribution is 2.20. The standard InChI is InChI=1S/C14H16N2O5S/c1-15(2)13(17)9-16(3)22(19,20)11-5-6-12-10(8-11)4-7-14(18)21-12/h4-8H,9H2,1-3H3. The van der Waals surface area contributed by atoms with Crippen molar-refractivity contribution in [3.05, 3.63) is 40.8 Å². The van der Waals surface area contributed by atoms with Gasteiger partial charge in [-0.1, -0.05) is 0 Å². The summed E-state index contributed by atoms with van der Waals surface area (Å²) < 4.78 is 30.9. The first kappa shape index (κ1) is 16.2. The zero-order valence-electron chi connectivity index (χ0n) is 12.4. The molecule has 0 spiro atoms. The Morgan fingerprint density at radius 1 is 1.14 bits per heavy atom. The van der Waals surface area contributed by atoms with Crippen LogP contribution in [0.5, 0.6) is 0 Å². The molecular weight excluding hydrogens is 308 g/mol. The summed E-state index contributed by atoms with van der Waals surface area (Å²) in [7, 11) is 0.649. The molecule has 0 saturated carbocycles. The van der Waals surface area contributed by atoms with E-state index in [4.69, 9.17) is 4.42 Å². The number of hydrogen-bond acceptors (Lipinski definition) is 5. The highest BCUT2D eigenvalue weighted by atomic mass is 32.2. The van der Waals surface area contributed by atoms with Crippen molar-refractivity contribution >= 4 is 26.9 Å². The Bertz CT molecular complexity index is 870. The molecular formula is C14H16N2O5S. The minimum atomic E-state index is -3.80. The van der Waals surface area contributed by atoms with Crippen LogP contribution >= 0.6 is 0 Å². The number of carbonyl (C=O) groups excluding carboxylic acids is 1. The lowest BCUT2D eigenvalue weighted by atomic mass is 10.2. The normalized spacial score (nSPS) is 11.8. The number of rotatable bonds is 4. The Kier molecular flexibility index (Phi) is 4.34. The molecule has 0 unspecified atom stereocenters. The molecule has 8 heteroatoms. The quantitative estimate of drug-likeness (QED) is 0.764. The summed E-state index contributed by atoms with van der Waals surface area (Å²) >= 11 is 0. The van der Waals surface area contributed by atoms with E-state index in [1.54, 1.807) is 14.1 Å². The first-order valence-electron chi connectivity index (χ1n) is 6.42. The number of nitrogens with zero attached hydrogens (tertiary/aromatic N) is 2. The average Bonchev–Trinajstić information content (AvgIpc) is 2.46. The van der Waals surface area contributed by atoms with Crippen LogP contribution in [0.3, 0.4) is 0 Å². The Balaban J connectivity index is 2.38. The van der Waals surface area contributed by atoms with Gasteiger partial charge in [-0.05, 0) is 24.3 Å². The van der Waals surface area contributed by atoms with Gasteiger partial charge in [-0.2, -0.15) is 4.31 Å². The predicted molar refractivity (Wildman–Crippen MR) is 81.0 cm³/mol. The Morgan fingerprint density at radius 3 is 2.45 bits per heavy atom. The van der Waals surface area contributed by atoms with E-state index in [9.17, 15) is 18.0 Å². The number of carbonyl (C=O) groups is 1. The minimum Gasteiger partial charge on any atom is -0.423 e. The van der Waals surface area contributed by atoms with Gasteiger partial charge in [0.25, 0.3) is 0 Å². The van der Waals surface area contributed by atoms with Crippen molar-refractivity contribution < 1.29 is 17.6 Å². The van der Waals surface area contributed by atoms with E-state index >= 15 is 0 Å². The molecule has 0 aliphatic carbocycles. The highest BCUT2D eigenvalue weighted by Gasteiger charge is 2.24. The largest absolute Gasteiger partial charge is 0.423 e. The van der Waals surface area contributed by atoms with E-state index in [2.05, 4.69) is 0 Å². The first-order chi connectivity index (χ1) is 10.2. The Morgan fingerprint density at radius 2 is 1.82 bits per heavy atom. The minimum absolute atomic E-state index is 0.0305. The molecule has 2 rings (SSSR count). The van der Waals surface area contributed by atoms with Crippen LogP contribution in [0.4, 0.5) is 0 Å². The number of fused-ring (bicyclic) bond motifs is 1. The maximum Gasteiger partial charge on any atom is 0.336 e. The summed E-state index contributed by atoms with van der Waals surface area (Å²) in [6.45, 7) is -0.253. The maximum atomic E-state index is 12.5. The SMILES string of the molecule is CN(C)C(=O)CN(C)S(=O)(=O)c1ccc2oc(=O)ccc2c1. The molecule has 1 amide bonds. The van der Waals surface area contributed by atoms with Crippen LogP contribution in [0.25, 0.3) is 11.0 Å². The molecule has 0 atom stereocenters. The fraction of sp³-hybridized carbons (Fsp3) is 0.286. The summed E-state index contributed by atoms with van der Waals surface area (Å²) in [6, 6.07) is 6.88. The van der Waals surface area contributed by atoms with Crippen molar-refractivity contribution in [1.29, 1.82) is 0 Å². The Labute approximate surface area is 127 Å². The van der Waals surface area contributed by atoms with Gasteiger partial charge in [-0.25, -0.2) is 13.2 Å². The molecule has 0 aliphatic heterocycles. The molecule has 0 radical (unpaired) electrons.